The largest absolute Gasteiger partial charge is 0.445 e. The number of aromatic nitrogens is 1. The molecule has 0 aliphatic carbocycles. The van der Waals surface area contributed by atoms with Crippen LogP contribution in [0.5, 0.6) is 0 Å². The highest BCUT2D eigenvalue weighted by Gasteiger charge is 2.41. The third-order valence-corrected chi connectivity index (χ3v) is 9.89. The van der Waals surface area contributed by atoms with Gasteiger partial charge in [-0.15, -0.1) is 0 Å². The van der Waals surface area contributed by atoms with Crippen molar-refractivity contribution in [3.05, 3.63) is 101 Å². The van der Waals surface area contributed by atoms with Crippen LogP contribution in [-0.4, -0.2) is 66.7 Å². The summed E-state index contributed by atoms with van der Waals surface area (Å²) in [5.74, 6) is 0.820. The summed E-state index contributed by atoms with van der Waals surface area (Å²) in [7, 11) is 2.26. The Labute approximate surface area is 249 Å². The molecular weight excluding hydrogens is 520 g/mol. The van der Waals surface area contributed by atoms with Crippen LogP contribution in [0.1, 0.15) is 66.0 Å². The van der Waals surface area contributed by atoms with Crippen molar-refractivity contribution in [2.24, 2.45) is 0 Å². The van der Waals surface area contributed by atoms with Gasteiger partial charge in [0.1, 0.15) is 6.61 Å². The lowest BCUT2D eigenvalue weighted by molar-refractivity contribution is 0.0960. The van der Waals surface area contributed by atoms with E-state index in [4.69, 9.17) is 4.74 Å². The molecule has 1 unspecified atom stereocenters. The van der Waals surface area contributed by atoms with Crippen molar-refractivity contribution >= 4 is 22.7 Å². The number of H-pyrrole nitrogens is 1. The van der Waals surface area contributed by atoms with Gasteiger partial charge in [-0.1, -0.05) is 60.7 Å². The second-order valence-electron chi connectivity index (χ2n) is 12.4. The molecule has 7 rings (SSSR count). The zero-order valence-electron chi connectivity index (χ0n) is 24.9. The molecule has 0 saturated carbocycles. The number of piperidine rings is 1. The molecule has 0 radical (unpaired) electrons. The lowest BCUT2D eigenvalue weighted by Gasteiger charge is -2.37. The number of likely N-dealkylation sites (N-methyl/N-ethyl adjacent to an activating group) is 2. The van der Waals surface area contributed by atoms with Crippen molar-refractivity contribution in [2.75, 3.05) is 44.7 Å². The van der Waals surface area contributed by atoms with E-state index in [9.17, 15) is 4.79 Å². The second-order valence-corrected chi connectivity index (χ2v) is 12.4. The standard InChI is InChI=1S/C36H42N4O2/c1-3-40-33-16-15-26(22-30(33)31-23-38(2)20-18-34(31)40)27-13-9-19-39(36(41)42-24-25-10-5-4-6-11-25)21-17-29-28-12-7-8-14-32(28)37-35(27)29/h4-8,10-12,14-16,22,27,31,34,37H,3,9,13,17-21,23-24H2,1-2H3/t27?,31-,34-/m1/s1. The number of ether oxygens (including phenoxy) is 1. The third kappa shape index (κ3) is 4.96. The Balaban J connectivity index is 1.20. The number of hydrogen-bond donors (Lipinski definition) is 1. The fourth-order valence-corrected chi connectivity index (χ4v) is 7.82. The Kier molecular flexibility index (Phi) is 7.41. The molecule has 1 amide bonds. The fraction of sp³-hybridized carbons (Fsp3) is 0.417. The first-order chi connectivity index (χ1) is 20.6. The highest BCUT2D eigenvalue weighted by atomic mass is 16.6. The second kappa shape index (κ2) is 11.5. The van der Waals surface area contributed by atoms with Crippen LogP contribution in [0.25, 0.3) is 10.9 Å². The average molecular weight is 563 g/mol. The molecule has 3 atom stereocenters. The number of hydrogen-bond acceptors (Lipinski definition) is 4. The molecule has 1 saturated heterocycles. The molecule has 3 aromatic carbocycles. The molecule has 1 aromatic heterocycles. The zero-order chi connectivity index (χ0) is 28.6. The zero-order valence-corrected chi connectivity index (χ0v) is 24.9. The monoisotopic (exact) mass is 562 g/mol. The number of carbonyl (C=O) groups is 1. The van der Waals surface area contributed by atoms with E-state index in [0.29, 0.717) is 31.7 Å². The van der Waals surface area contributed by atoms with Gasteiger partial charge < -0.3 is 24.4 Å². The van der Waals surface area contributed by atoms with E-state index in [2.05, 4.69) is 71.2 Å². The highest BCUT2D eigenvalue weighted by molar-refractivity contribution is 5.85. The summed E-state index contributed by atoms with van der Waals surface area (Å²) < 4.78 is 5.77. The number of amides is 1. The SMILES string of the molecule is CCN1c2ccc(C3CCCN(C(=O)OCc4ccccc4)CCc4c3[nH]c3ccccc43)cc2[C@H]2CN(C)CC[C@H]21. The topological polar surface area (TPSA) is 51.8 Å². The number of nitrogens with one attached hydrogen (secondary N) is 1. The van der Waals surface area contributed by atoms with E-state index < -0.39 is 0 Å². The lowest BCUT2D eigenvalue weighted by Crippen LogP contribution is -2.44. The number of fused-ring (bicyclic) bond motifs is 6. The molecule has 0 spiro atoms. The van der Waals surface area contributed by atoms with Gasteiger partial charge in [0.15, 0.2) is 0 Å². The van der Waals surface area contributed by atoms with Gasteiger partial charge in [0.2, 0.25) is 0 Å². The van der Waals surface area contributed by atoms with Crippen LogP contribution >= 0.6 is 0 Å². The maximum absolute atomic E-state index is 13.2. The summed E-state index contributed by atoms with van der Waals surface area (Å²) in [4.78, 5) is 24.2. The molecule has 4 aromatic rings. The number of nitrogens with zero attached hydrogens (tertiary/aromatic N) is 3. The van der Waals surface area contributed by atoms with Gasteiger partial charge in [-0.25, -0.2) is 4.79 Å². The van der Waals surface area contributed by atoms with Gasteiger partial charge in [0.25, 0.3) is 0 Å². The van der Waals surface area contributed by atoms with E-state index in [-0.39, 0.29) is 12.0 Å². The first-order valence-electron chi connectivity index (χ1n) is 15.7. The van der Waals surface area contributed by atoms with Crippen LogP contribution < -0.4 is 4.90 Å². The lowest BCUT2D eigenvalue weighted by atomic mass is 9.84. The molecule has 42 heavy (non-hydrogen) atoms. The summed E-state index contributed by atoms with van der Waals surface area (Å²) in [6, 6.07) is 26.5. The van der Waals surface area contributed by atoms with Crippen molar-refractivity contribution in [2.45, 2.75) is 57.1 Å². The van der Waals surface area contributed by atoms with Crippen molar-refractivity contribution in [3.63, 3.8) is 0 Å². The van der Waals surface area contributed by atoms with Gasteiger partial charge in [0, 0.05) is 66.3 Å². The number of aromatic amines is 1. The van der Waals surface area contributed by atoms with Crippen LogP contribution in [0.4, 0.5) is 10.5 Å². The van der Waals surface area contributed by atoms with E-state index in [0.717, 1.165) is 37.9 Å². The Morgan fingerprint density at radius 3 is 2.67 bits per heavy atom. The number of carbonyl (C=O) groups excluding carboxylic acids is 1. The highest BCUT2D eigenvalue weighted by Crippen LogP contribution is 2.46. The quantitative estimate of drug-likeness (QED) is 0.294. The van der Waals surface area contributed by atoms with Crippen molar-refractivity contribution in [1.82, 2.24) is 14.8 Å². The molecule has 4 heterocycles. The van der Waals surface area contributed by atoms with Crippen molar-refractivity contribution in [3.8, 4) is 0 Å². The normalized spacial score (nSPS) is 22.6. The first kappa shape index (κ1) is 27.1. The van der Waals surface area contributed by atoms with E-state index >= 15 is 0 Å². The minimum absolute atomic E-state index is 0.219. The fourth-order valence-electron chi connectivity index (χ4n) is 7.82. The molecule has 218 valence electrons. The average Bonchev–Trinajstić information content (AvgIpc) is 3.56. The van der Waals surface area contributed by atoms with Crippen LogP contribution in [0, 0.1) is 0 Å². The molecule has 1 N–H and O–H groups in total. The van der Waals surface area contributed by atoms with Crippen LogP contribution in [0.2, 0.25) is 0 Å². The molecule has 3 aliphatic heterocycles. The molecule has 6 heteroatoms. The predicted molar refractivity (Wildman–Crippen MR) is 169 cm³/mol. The predicted octanol–water partition coefficient (Wildman–Crippen LogP) is 6.90. The van der Waals surface area contributed by atoms with Crippen molar-refractivity contribution < 1.29 is 9.53 Å². The Morgan fingerprint density at radius 2 is 1.81 bits per heavy atom. The number of rotatable bonds is 4. The summed E-state index contributed by atoms with van der Waals surface area (Å²) in [6.07, 6.45) is 3.72. The minimum atomic E-state index is -0.219. The number of benzene rings is 3. The molecule has 0 bridgehead atoms. The van der Waals surface area contributed by atoms with Crippen LogP contribution in [0.3, 0.4) is 0 Å². The Hall–Kier alpha value is -3.77. The summed E-state index contributed by atoms with van der Waals surface area (Å²) >= 11 is 0. The van der Waals surface area contributed by atoms with Crippen LogP contribution in [-0.2, 0) is 17.8 Å². The molecule has 1 fully saturated rings. The Bertz CT molecular complexity index is 1560. The van der Waals surface area contributed by atoms with E-state index in [1.807, 2.05) is 35.2 Å². The summed E-state index contributed by atoms with van der Waals surface area (Å²) in [5, 5.41) is 1.27. The minimum Gasteiger partial charge on any atom is -0.445 e. The molecule has 3 aliphatic rings. The van der Waals surface area contributed by atoms with Gasteiger partial charge in [-0.05, 0) is 80.6 Å². The van der Waals surface area contributed by atoms with Crippen LogP contribution in [0.15, 0.2) is 72.8 Å². The van der Waals surface area contributed by atoms with Gasteiger partial charge >= 0.3 is 6.09 Å². The Morgan fingerprint density at radius 1 is 0.976 bits per heavy atom. The molecular formula is C36H42N4O2. The summed E-state index contributed by atoms with van der Waals surface area (Å²) in [5.41, 5.74) is 9.19. The maximum atomic E-state index is 13.2. The van der Waals surface area contributed by atoms with Gasteiger partial charge in [-0.2, -0.15) is 0 Å². The van der Waals surface area contributed by atoms with Gasteiger partial charge in [-0.3, -0.25) is 0 Å². The van der Waals surface area contributed by atoms with Gasteiger partial charge in [0.05, 0.1) is 0 Å². The third-order valence-electron chi connectivity index (χ3n) is 9.89. The smallest absolute Gasteiger partial charge is 0.410 e. The maximum Gasteiger partial charge on any atom is 0.410 e. The summed E-state index contributed by atoms with van der Waals surface area (Å²) in [6.45, 7) is 7.31. The number of para-hydroxylation sites is 1. The molecule has 6 nitrogen and oxygen atoms in total. The number of anilines is 1. The first-order valence-corrected chi connectivity index (χ1v) is 15.7. The van der Waals surface area contributed by atoms with Crippen molar-refractivity contribution in [1.29, 1.82) is 0 Å². The number of likely N-dealkylation sites (tertiary alicyclic amines) is 1. The van der Waals surface area contributed by atoms with E-state index in [1.54, 1.807) is 0 Å². The van der Waals surface area contributed by atoms with E-state index in [1.165, 1.54) is 51.9 Å².